The second kappa shape index (κ2) is 8.29. The first-order valence-corrected chi connectivity index (χ1v) is 8.79. The van der Waals surface area contributed by atoms with Gasteiger partial charge in [-0.3, -0.25) is 9.59 Å². The van der Waals surface area contributed by atoms with Crippen LogP contribution in [0.15, 0.2) is 18.2 Å². The fraction of sp³-hybridized carbons (Fsp3) is 0.579. The standard InChI is InChI=1S/C19H29N3O2/c1-14-7-9-22(10-8-14)13-19(24)21(4)12-18(23)20-17-11-15(2)5-6-16(17)3/h5-6,11,14H,7-10,12-13H2,1-4H3,(H,20,23)/p+1. The van der Waals surface area contributed by atoms with Gasteiger partial charge in [0.05, 0.1) is 19.6 Å². The van der Waals surface area contributed by atoms with Gasteiger partial charge in [-0.1, -0.05) is 19.1 Å². The SMILES string of the molecule is Cc1ccc(C)c(NC(=O)CN(C)C(=O)C[NH+]2CCC(C)CC2)c1. The van der Waals surface area contributed by atoms with Crippen LogP contribution in [0.1, 0.15) is 30.9 Å². The number of piperidine rings is 1. The van der Waals surface area contributed by atoms with E-state index in [9.17, 15) is 9.59 Å². The maximum atomic E-state index is 12.3. The Bertz CT molecular complexity index is 592. The van der Waals surface area contributed by atoms with Crippen molar-refractivity contribution in [2.75, 3.05) is 38.5 Å². The maximum absolute atomic E-state index is 12.3. The predicted molar refractivity (Wildman–Crippen MR) is 96.1 cm³/mol. The van der Waals surface area contributed by atoms with Crippen LogP contribution in [-0.2, 0) is 9.59 Å². The zero-order valence-corrected chi connectivity index (χ0v) is 15.3. The Balaban J connectivity index is 1.82. The van der Waals surface area contributed by atoms with Crippen molar-refractivity contribution < 1.29 is 14.5 Å². The zero-order chi connectivity index (χ0) is 17.7. The number of hydrogen-bond acceptors (Lipinski definition) is 2. The Morgan fingerprint density at radius 2 is 1.92 bits per heavy atom. The van der Waals surface area contributed by atoms with E-state index >= 15 is 0 Å². The second-order valence-electron chi connectivity index (χ2n) is 7.23. The van der Waals surface area contributed by atoms with Crippen LogP contribution in [0.5, 0.6) is 0 Å². The average Bonchev–Trinajstić information content (AvgIpc) is 2.53. The summed E-state index contributed by atoms with van der Waals surface area (Å²) in [6.45, 7) is 8.90. The minimum Gasteiger partial charge on any atom is -0.332 e. The van der Waals surface area contributed by atoms with Crippen molar-refractivity contribution in [2.24, 2.45) is 5.92 Å². The number of amides is 2. The highest BCUT2D eigenvalue weighted by atomic mass is 16.2. The highest BCUT2D eigenvalue weighted by molar-refractivity contribution is 5.95. The van der Waals surface area contributed by atoms with Gasteiger partial charge in [-0.15, -0.1) is 0 Å². The molecule has 0 aliphatic carbocycles. The smallest absolute Gasteiger partial charge is 0.277 e. The summed E-state index contributed by atoms with van der Waals surface area (Å²) in [5.41, 5.74) is 2.94. The number of nitrogens with one attached hydrogen (secondary N) is 2. The number of likely N-dealkylation sites (tertiary alicyclic amines) is 1. The largest absolute Gasteiger partial charge is 0.332 e. The Labute approximate surface area is 145 Å². The molecular formula is C19H30N3O2+. The van der Waals surface area contributed by atoms with Gasteiger partial charge in [0.2, 0.25) is 5.91 Å². The molecule has 1 heterocycles. The number of aryl methyl sites for hydroxylation is 2. The topological polar surface area (TPSA) is 53.9 Å². The number of anilines is 1. The van der Waals surface area contributed by atoms with Crippen molar-refractivity contribution in [3.63, 3.8) is 0 Å². The van der Waals surface area contributed by atoms with Gasteiger partial charge in [0.15, 0.2) is 6.54 Å². The van der Waals surface area contributed by atoms with Crippen LogP contribution >= 0.6 is 0 Å². The molecule has 5 heteroatoms. The van der Waals surface area contributed by atoms with Crippen molar-refractivity contribution in [1.82, 2.24) is 4.90 Å². The molecule has 1 aliphatic heterocycles. The van der Waals surface area contributed by atoms with Gasteiger partial charge in [-0.2, -0.15) is 0 Å². The number of benzene rings is 1. The predicted octanol–water partition coefficient (Wildman–Crippen LogP) is 1.02. The van der Waals surface area contributed by atoms with Gasteiger partial charge in [-0.05, 0) is 49.8 Å². The second-order valence-corrected chi connectivity index (χ2v) is 7.23. The van der Waals surface area contributed by atoms with Crippen molar-refractivity contribution in [3.8, 4) is 0 Å². The zero-order valence-electron chi connectivity index (χ0n) is 15.3. The molecule has 0 unspecified atom stereocenters. The summed E-state index contributed by atoms with van der Waals surface area (Å²) in [5, 5.41) is 2.91. The van der Waals surface area contributed by atoms with Crippen LogP contribution in [0.4, 0.5) is 5.69 Å². The van der Waals surface area contributed by atoms with Crippen LogP contribution in [0.25, 0.3) is 0 Å². The number of hydrogen-bond donors (Lipinski definition) is 2. The van der Waals surface area contributed by atoms with Crippen LogP contribution in [0.2, 0.25) is 0 Å². The summed E-state index contributed by atoms with van der Waals surface area (Å²) in [7, 11) is 1.71. The van der Waals surface area contributed by atoms with Crippen LogP contribution in [0.3, 0.4) is 0 Å². The fourth-order valence-electron chi connectivity index (χ4n) is 3.06. The van der Waals surface area contributed by atoms with E-state index < -0.39 is 0 Å². The molecule has 0 bridgehead atoms. The van der Waals surface area contributed by atoms with Gasteiger partial charge in [0.25, 0.3) is 5.91 Å². The van der Waals surface area contributed by atoms with E-state index in [-0.39, 0.29) is 18.4 Å². The Morgan fingerprint density at radius 3 is 2.58 bits per heavy atom. The van der Waals surface area contributed by atoms with E-state index in [4.69, 9.17) is 0 Å². The number of likely N-dealkylation sites (N-methyl/N-ethyl adjacent to an activating group) is 1. The van der Waals surface area contributed by atoms with E-state index in [1.165, 1.54) is 22.6 Å². The van der Waals surface area contributed by atoms with Crippen LogP contribution in [-0.4, -0.2) is 49.9 Å². The van der Waals surface area contributed by atoms with Crippen molar-refractivity contribution >= 4 is 17.5 Å². The molecule has 24 heavy (non-hydrogen) atoms. The summed E-state index contributed by atoms with van der Waals surface area (Å²) >= 11 is 0. The molecule has 0 aromatic heterocycles. The van der Waals surface area contributed by atoms with Gasteiger partial charge in [0, 0.05) is 12.7 Å². The molecule has 1 fully saturated rings. The van der Waals surface area contributed by atoms with Crippen molar-refractivity contribution in [3.05, 3.63) is 29.3 Å². The molecule has 2 N–H and O–H groups in total. The van der Waals surface area contributed by atoms with Crippen molar-refractivity contribution in [2.45, 2.75) is 33.6 Å². The third-order valence-corrected chi connectivity index (χ3v) is 4.86. The van der Waals surface area contributed by atoms with Gasteiger partial charge >= 0.3 is 0 Å². The minimum absolute atomic E-state index is 0.0377. The first-order chi connectivity index (χ1) is 11.3. The molecule has 0 radical (unpaired) electrons. The third-order valence-electron chi connectivity index (χ3n) is 4.86. The number of nitrogens with zero attached hydrogens (tertiary/aromatic N) is 1. The first kappa shape index (κ1) is 18.5. The van der Waals surface area contributed by atoms with Crippen LogP contribution < -0.4 is 10.2 Å². The summed E-state index contributed by atoms with van der Waals surface area (Å²) in [5.74, 6) is 0.655. The van der Waals surface area contributed by atoms with Gasteiger partial charge in [-0.25, -0.2) is 0 Å². The average molecular weight is 332 g/mol. The number of rotatable bonds is 5. The normalized spacial score (nSPS) is 20.5. The molecule has 1 saturated heterocycles. The molecule has 1 aliphatic rings. The Hall–Kier alpha value is -1.88. The van der Waals surface area contributed by atoms with E-state index in [1.807, 2.05) is 32.0 Å². The number of carbonyl (C=O) groups excluding carboxylic acids is 2. The lowest BCUT2D eigenvalue weighted by Gasteiger charge is -2.28. The molecule has 2 rings (SSSR count). The molecule has 0 saturated carbocycles. The lowest BCUT2D eigenvalue weighted by molar-refractivity contribution is -0.898. The third kappa shape index (κ3) is 5.34. The van der Waals surface area contributed by atoms with E-state index in [2.05, 4.69) is 12.2 Å². The first-order valence-electron chi connectivity index (χ1n) is 8.79. The van der Waals surface area contributed by atoms with E-state index in [1.54, 1.807) is 7.05 Å². The Kier molecular flexibility index (Phi) is 6.37. The lowest BCUT2D eigenvalue weighted by Crippen LogP contribution is -3.14. The van der Waals surface area contributed by atoms with Crippen LogP contribution in [0, 0.1) is 19.8 Å². The molecule has 132 valence electrons. The molecule has 2 amide bonds. The summed E-state index contributed by atoms with van der Waals surface area (Å²) < 4.78 is 0. The number of quaternary nitrogens is 1. The van der Waals surface area contributed by atoms with E-state index in [0.717, 1.165) is 35.8 Å². The summed E-state index contributed by atoms with van der Waals surface area (Å²) in [6, 6.07) is 5.96. The van der Waals surface area contributed by atoms with Crippen molar-refractivity contribution in [1.29, 1.82) is 0 Å². The monoisotopic (exact) mass is 332 g/mol. The summed E-state index contributed by atoms with van der Waals surface area (Å²) in [6.07, 6.45) is 2.36. The molecule has 0 spiro atoms. The lowest BCUT2D eigenvalue weighted by atomic mass is 9.99. The Morgan fingerprint density at radius 1 is 1.25 bits per heavy atom. The molecule has 5 nitrogen and oxygen atoms in total. The molecule has 0 atom stereocenters. The molecule has 1 aromatic rings. The minimum atomic E-state index is -0.151. The molecule has 1 aromatic carbocycles. The molecular weight excluding hydrogens is 302 g/mol. The van der Waals surface area contributed by atoms with E-state index in [0.29, 0.717) is 6.54 Å². The number of carbonyl (C=O) groups is 2. The maximum Gasteiger partial charge on any atom is 0.277 e. The quantitative estimate of drug-likeness (QED) is 0.846. The fourth-order valence-corrected chi connectivity index (χ4v) is 3.06. The van der Waals surface area contributed by atoms with Gasteiger partial charge < -0.3 is 15.1 Å². The summed E-state index contributed by atoms with van der Waals surface area (Å²) in [4.78, 5) is 27.4. The highest BCUT2D eigenvalue weighted by Crippen LogP contribution is 2.16. The van der Waals surface area contributed by atoms with Gasteiger partial charge in [0.1, 0.15) is 0 Å². The highest BCUT2D eigenvalue weighted by Gasteiger charge is 2.23.